The highest BCUT2D eigenvalue weighted by Crippen LogP contribution is 2.33. The Hall–Kier alpha value is -5.45. The summed E-state index contributed by atoms with van der Waals surface area (Å²) in [7, 11) is 0. The molecule has 22 nitrogen and oxygen atoms in total. The molecule has 2 saturated heterocycles. The molecule has 2 aliphatic heterocycles. The van der Waals surface area contributed by atoms with Gasteiger partial charge >= 0.3 is 6.03 Å². The molecule has 63 heavy (non-hydrogen) atoms. The smallest absolute Gasteiger partial charge is 0.315 e. The number of imidazole rings is 1. The van der Waals surface area contributed by atoms with Crippen molar-refractivity contribution in [1.82, 2.24) is 58.0 Å². The molecule has 3 heterocycles. The van der Waals surface area contributed by atoms with Crippen LogP contribution in [-0.2, 0) is 44.8 Å². The second kappa shape index (κ2) is 26.9. The normalized spacial score (nSPS) is 18.5. The zero-order chi connectivity index (χ0) is 46.5. The number of rotatable bonds is 29. The molecule has 0 spiro atoms. The Morgan fingerprint density at radius 3 is 2.17 bits per heavy atom. The molecule has 0 bridgehead atoms. The number of aromatic amines is 1. The average molecular weight is 907 g/mol. The van der Waals surface area contributed by atoms with Gasteiger partial charge in [0.1, 0.15) is 18.1 Å². The number of nitrogens with zero attached hydrogens (tertiary/aromatic N) is 1. The highest BCUT2D eigenvalue weighted by molar-refractivity contribution is 8.00. The van der Waals surface area contributed by atoms with Gasteiger partial charge in [-0.3, -0.25) is 43.6 Å². The van der Waals surface area contributed by atoms with Crippen LogP contribution in [0.1, 0.15) is 97.6 Å². The predicted molar refractivity (Wildman–Crippen MR) is 231 cm³/mol. The summed E-state index contributed by atoms with van der Waals surface area (Å²) in [6.07, 6.45) is 7.10. The first-order valence-electron chi connectivity index (χ1n) is 21.5. The number of amides is 10. The molecule has 0 radical (unpaired) electrons. The van der Waals surface area contributed by atoms with Crippen molar-refractivity contribution < 1.29 is 48.4 Å². The number of H-pyrrole nitrogens is 1. The second-order valence-electron chi connectivity index (χ2n) is 16.8. The Balaban J connectivity index is 1.40. The molecule has 0 aromatic carbocycles. The lowest BCUT2D eigenvalue weighted by Crippen LogP contribution is -2.56. The van der Waals surface area contributed by atoms with Crippen LogP contribution < -0.4 is 53.7 Å². The third-order valence-corrected chi connectivity index (χ3v) is 12.0. The Bertz CT molecular complexity index is 1710. The summed E-state index contributed by atoms with van der Waals surface area (Å²) in [5, 5.41) is 30.8. The molecule has 0 saturated carbocycles. The topological polar surface area (TPSA) is 337 Å². The number of thioether (sulfide) groups is 1. The number of urea groups is 1. The first kappa shape index (κ1) is 51.9. The molecule has 1 aromatic rings. The van der Waals surface area contributed by atoms with Gasteiger partial charge in [0.15, 0.2) is 0 Å². The van der Waals surface area contributed by atoms with Crippen molar-refractivity contribution in [2.45, 2.75) is 134 Å². The van der Waals surface area contributed by atoms with Crippen LogP contribution in [0, 0.1) is 17.8 Å². The van der Waals surface area contributed by atoms with E-state index in [4.69, 9.17) is 10.9 Å². The number of hydrogen-bond acceptors (Lipinski definition) is 12. The minimum absolute atomic E-state index is 0.0227. The van der Waals surface area contributed by atoms with E-state index in [1.54, 1.807) is 0 Å². The van der Waals surface area contributed by atoms with Gasteiger partial charge in [-0.1, -0.05) is 34.1 Å². The van der Waals surface area contributed by atoms with Crippen molar-refractivity contribution >= 4 is 65.1 Å². The van der Waals surface area contributed by atoms with Crippen LogP contribution in [0.15, 0.2) is 12.5 Å². The van der Waals surface area contributed by atoms with Crippen molar-refractivity contribution in [3.63, 3.8) is 0 Å². The van der Waals surface area contributed by atoms with Crippen LogP contribution in [0.5, 0.6) is 0 Å². The predicted octanol–water partition coefficient (Wildman–Crippen LogP) is -1.26. The van der Waals surface area contributed by atoms with E-state index in [1.807, 2.05) is 39.5 Å². The molecule has 1 unspecified atom stereocenters. The van der Waals surface area contributed by atoms with Crippen molar-refractivity contribution in [1.29, 1.82) is 0 Å². The maximum atomic E-state index is 13.6. The van der Waals surface area contributed by atoms with Gasteiger partial charge in [0.05, 0.1) is 31.5 Å². The zero-order valence-corrected chi connectivity index (χ0v) is 37.3. The Morgan fingerprint density at radius 2 is 1.51 bits per heavy atom. The lowest BCUT2D eigenvalue weighted by molar-refractivity contribution is -0.137. The minimum Gasteiger partial charge on any atom is -0.368 e. The lowest BCUT2D eigenvalue weighted by atomic mass is 9.92. The SMILES string of the molecule is CC(C)CC(CC(=O)NO)C(=O)N[C@@H](CC(C)C)C(=O)N[C@@H](Cc1cnc[nH]1)C(=O)NCC(=O)NCC(=O)N[C@@H](CCCCNC(=O)CCCC[C@@H]1SC[C@@H]2NC(=O)N[C@@H]21)C(N)=O. The highest BCUT2D eigenvalue weighted by atomic mass is 32.2. The van der Waals surface area contributed by atoms with E-state index in [2.05, 4.69) is 52.5 Å². The Labute approximate surface area is 371 Å². The zero-order valence-electron chi connectivity index (χ0n) is 36.5. The van der Waals surface area contributed by atoms with Gasteiger partial charge in [-0.2, -0.15) is 11.8 Å². The van der Waals surface area contributed by atoms with E-state index in [9.17, 15) is 43.2 Å². The molecule has 3 rings (SSSR count). The number of primary amides is 1. The number of nitrogens with one attached hydrogen (secondary N) is 10. The van der Waals surface area contributed by atoms with Gasteiger partial charge in [-0.15, -0.1) is 0 Å². The molecule has 7 atom stereocenters. The van der Waals surface area contributed by atoms with Crippen LogP contribution in [0.4, 0.5) is 4.79 Å². The van der Waals surface area contributed by atoms with Gasteiger partial charge < -0.3 is 53.3 Å². The lowest BCUT2D eigenvalue weighted by Gasteiger charge is -2.26. The summed E-state index contributed by atoms with van der Waals surface area (Å²) in [4.78, 5) is 120. The van der Waals surface area contributed by atoms with E-state index in [0.29, 0.717) is 43.2 Å². The molecule has 10 amide bonds. The van der Waals surface area contributed by atoms with E-state index in [0.717, 1.165) is 25.0 Å². The maximum absolute atomic E-state index is 13.6. The van der Waals surface area contributed by atoms with Gasteiger partial charge in [0, 0.05) is 54.6 Å². The number of nitrogens with two attached hydrogens (primary N) is 1. The number of hydrogen-bond donors (Lipinski definition) is 12. The fraction of sp³-hybridized carbons (Fsp3) is 0.700. The van der Waals surface area contributed by atoms with E-state index >= 15 is 0 Å². The third-order valence-electron chi connectivity index (χ3n) is 10.5. The first-order valence-corrected chi connectivity index (χ1v) is 22.6. The van der Waals surface area contributed by atoms with Crippen molar-refractivity contribution in [3.8, 4) is 0 Å². The van der Waals surface area contributed by atoms with Crippen LogP contribution in [0.3, 0.4) is 0 Å². The van der Waals surface area contributed by atoms with Crippen molar-refractivity contribution in [2.75, 3.05) is 25.4 Å². The van der Waals surface area contributed by atoms with Gasteiger partial charge in [-0.25, -0.2) is 15.3 Å². The maximum Gasteiger partial charge on any atom is 0.315 e. The summed E-state index contributed by atoms with van der Waals surface area (Å²) in [6, 6.07) is -3.15. The minimum atomic E-state index is -1.23. The summed E-state index contributed by atoms with van der Waals surface area (Å²) in [5.41, 5.74) is 7.52. The van der Waals surface area contributed by atoms with Gasteiger partial charge in [-0.05, 0) is 56.8 Å². The monoisotopic (exact) mass is 906 g/mol. The summed E-state index contributed by atoms with van der Waals surface area (Å²) < 4.78 is 0. The van der Waals surface area contributed by atoms with Gasteiger partial charge in [0.2, 0.25) is 47.3 Å². The van der Waals surface area contributed by atoms with Crippen LogP contribution in [-0.4, -0.2) is 129 Å². The number of fused-ring (bicyclic) bond motifs is 1. The van der Waals surface area contributed by atoms with Crippen molar-refractivity contribution in [3.05, 3.63) is 18.2 Å². The average Bonchev–Trinajstić information content (AvgIpc) is 3.97. The number of hydroxylamine groups is 1. The van der Waals surface area contributed by atoms with Crippen LogP contribution in [0.25, 0.3) is 0 Å². The molecule has 0 aliphatic carbocycles. The van der Waals surface area contributed by atoms with Crippen LogP contribution in [0.2, 0.25) is 0 Å². The van der Waals surface area contributed by atoms with Crippen LogP contribution >= 0.6 is 11.8 Å². The van der Waals surface area contributed by atoms with E-state index in [1.165, 1.54) is 18.0 Å². The molecular weight excluding hydrogens is 841 g/mol. The quantitative estimate of drug-likeness (QED) is 0.0194. The second-order valence-corrected chi connectivity index (χ2v) is 18.1. The number of unbranched alkanes of at least 4 members (excludes halogenated alkanes) is 2. The first-order chi connectivity index (χ1) is 29.9. The molecule has 1 aromatic heterocycles. The largest absolute Gasteiger partial charge is 0.368 e. The van der Waals surface area contributed by atoms with E-state index < -0.39 is 78.5 Å². The number of carbonyl (C=O) groups excluding carboxylic acids is 9. The molecular formula is C40H66N12O10S. The van der Waals surface area contributed by atoms with E-state index in [-0.39, 0.29) is 61.5 Å². The fourth-order valence-electron chi connectivity index (χ4n) is 7.34. The van der Waals surface area contributed by atoms with Gasteiger partial charge in [0.25, 0.3) is 0 Å². The fourth-order valence-corrected chi connectivity index (χ4v) is 8.88. The Kier molecular flexibility index (Phi) is 22.2. The molecule has 2 aliphatic rings. The Morgan fingerprint density at radius 1 is 0.794 bits per heavy atom. The summed E-state index contributed by atoms with van der Waals surface area (Å²) >= 11 is 1.84. The molecule has 13 N–H and O–H groups in total. The van der Waals surface area contributed by atoms with Crippen molar-refractivity contribution in [2.24, 2.45) is 23.5 Å². The number of aromatic nitrogens is 2. The standard InChI is InChI=1S/C40H66N12O10S/c1-22(2)13-24(15-32(54)52-62)37(58)48-27(14-23(3)4)39(60)49-28(16-25-17-42-21-46-25)38(59)45-18-33(55)44-19-34(56)47-26(36(41)57)9-7-8-12-43-31(53)11-6-5-10-30-35-29(20-63-30)50-40(61)51-35/h17,21-24,26-30,35,62H,5-16,18-20H2,1-4H3,(H2,41,57)(H,42,46)(H,43,53)(H,44,55)(H,45,59)(H,47,56)(H,48,58)(H,49,60)(H,52,54)(H2,50,51,61)/t24?,26-,27-,28-,29-,30-,35-/m0/s1. The number of carbonyl (C=O) groups is 9. The molecule has 352 valence electrons. The highest BCUT2D eigenvalue weighted by Gasteiger charge is 2.42. The molecule has 2 fully saturated rings. The summed E-state index contributed by atoms with van der Waals surface area (Å²) in [6.45, 7) is 6.71. The third kappa shape index (κ3) is 19.2. The summed E-state index contributed by atoms with van der Waals surface area (Å²) in [5.74, 6) is -5.02. The molecule has 23 heteroatoms.